The lowest BCUT2D eigenvalue weighted by molar-refractivity contribution is 0.288. The smallest absolute Gasteiger partial charge is 0.0434 e. The average Bonchev–Trinajstić information content (AvgIpc) is 2.29. The number of nitrogens with two attached hydrogens (primary N) is 1. The Morgan fingerprint density at radius 3 is 2.43 bits per heavy atom. The lowest BCUT2D eigenvalue weighted by Gasteiger charge is -2.01. The van der Waals surface area contributed by atoms with Crippen LogP contribution in [0.5, 0.6) is 0 Å². The van der Waals surface area contributed by atoms with Gasteiger partial charge in [0.1, 0.15) is 0 Å². The van der Waals surface area contributed by atoms with Crippen molar-refractivity contribution in [3.8, 4) is 0 Å². The Labute approximate surface area is 86.8 Å². The molecular weight excluding hydrogens is 174 g/mol. The van der Waals surface area contributed by atoms with Crippen molar-refractivity contribution in [3.63, 3.8) is 0 Å². The SMILES string of the molecule is CC.NCc1cccc(CCCO)c1. The summed E-state index contributed by atoms with van der Waals surface area (Å²) in [7, 11) is 0. The van der Waals surface area contributed by atoms with E-state index in [-0.39, 0.29) is 6.61 Å². The quantitative estimate of drug-likeness (QED) is 0.773. The van der Waals surface area contributed by atoms with Gasteiger partial charge in [-0.15, -0.1) is 0 Å². The van der Waals surface area contributed by atoms with Crippen LogP contribution in [-0.4, -0.2) is 11.7 Å². The summed E-state index contributed by atoms with van der Waals surface area (Å²) in [5.41, 5.74) is 7.91. The molecule has 0 spiro atoms. The Hall–Kier alpha value is -0.860. The maximum Gasteiger partial charge on any atom is 0.0434 e. The largest absolute Gasteiger partial charge is 0.396 e. The molecule has 1 rings (SSSR count). The highest BCUT2D eigenvalue weighted by Gasteiger charge is 1.93. The standard InChI is InChI=1S/C10H15NO.C2H6/c11-8-10-4-1-3-9(7-10)5-2-6-12;1-2/h1,3-4,7,12H,2,5-6,8,11H2;1-2H3. The first-order chi connectivity index (χ1) is 6.86. The van der Waals surface area contributed by atoms with Gasteiger partial charge in [-0.2, -0.15) is 0 Å². The summed E-state index contributed by atoms with van der Waals surface area (Å²) in [6.45, 7) is 4.85. The molecule has 2 nitrogen and oxygen atoms in total. The first-order valence-corrected chi connectivity index (χ1v) is 5.25. The van der Waals surface area contributed by atoms with Crippen LogP contribution >= 0.6 is 0 Å². The zero-order valence-corrected chi connectivity index (χ0v) is 9.16. The minimum atomic E-state index is 0.257. The molecule has 0 aromatic heterocycles. The molecule has 0 unspecified atom stereocenters. The van der Waals surface area contributed by atoms with Crippen LogP contribution in [0.15, 0.2) is 24.3 Å². The van der Waals surface area contributed by atoms with E-state index in [1.807, 2.05) is 26.0 Å². The third-order valence-electron chi connectivity index (χ3n) is 1.85. The Morgan fingerprint density at radius 2 is 1.86 bits per heavy atom. The van der Waals surface area contributed by atoms with Crippen LogP contribution in [0.3, 0.4) is 0 Å². The molecule has 0 aliphatic heterocycles. The summed E-state index contributed by atoms with van der Waals surface area (Å²) in [6.07, 6.45) is 1.76. The maximum atomic E-state index is 8.63. The van der Waals surface area contributed by atoms with Crippen molar-refractivity contribution in [1.29, 1.82) is 0 Å². The van der Waals surface area contributed by atoms with Gasteiger partial charge in [-0.05, 0) is 24.0 Å². The molecule has 0 fully saturated rings. The zero-order chi connectivity index (χ0) is 10.8. The molecule has 0 aliphatic carbocycles. The second-order valence-corrected chi connectivity index (χ2v) is 2.85. The maximum absolute atomic E-state index is 8.63. The molecule has 0 saturated carbocycles. The Balaban J connectivity index is 0.000000791. The fourth-order valence-corrected chi connectivity index (χ4v) is 1.20. The van der Waals surface area contributed by atoms with Crippen molar-refractivity contribution >= 4 is 0 Å². The Kier molecular flexibility index (Phi) is 8.19. The molecule has 2 heteroatoms. The van der Waals surface area contributed by atoms with Gasteiger partial charge in [-0.3, -0.25) is 0 Å². The molecule has 0 atom stereocenters. The highest BCUT2D eigenvalue weighted by molar-refractivity contribution is 5.23. The van der Waals surface area contributed by atoms with E-state index in [4.69, 9.17) is 10.8 Å². The lowest BCUT2D eigenvalue weighted by Crippen LogP contribution is -1.97. The van der Waals surface area contributed by atoms with Crippen molar-refractivity contribution in [2.75, 3.05) is 6.61 Å². The lowest BCUT2D eigenvalue weighted by atomic mass is 10.1. The van der Waals surface area contributed by atoms with Crippen LogP contribution in [-0.2, 0) is 13.0 Å². The molecule has 14 heavy (non-hydrogen) atoms. The van der Waals surface area contributed by atoms with Gasteiger partial charge in [0.15, 0.2) is 0 Å². The number of hydrogen-bond acceptors (Lipinski definition) is 2. The fourth-order valence-electron chi connectivity index (χ4n) is 1.20. The number of aliphatic hydroxyl groups is 1. The van der Waals surface area contributed by atoms with Gasteiger partial charge in [-0.1, -0.05) is 38.1 Å². The van der Waals surface area contributed by atoms with E-state index in [2.05, 4.69) is 12.1 Å². The predicted octanol–water partition coefficient (Wildman–Crippen LogP) is 2.10. The predicted molar refractivity (Wildman–Crippen MR) is 61.1 cm³/mol. The van der Waals surface area contributed by atoms with Crippen molar-refractivity contribution in [2.45, 2.75) is 33.2 Å². The summed E-state index contributed by atoms with van der Waals surface area (Å²) in [5, 5.41) is 8.63. The van der Waals surface area contributed by atoms with Crippen LogP contribution in [0.2, 0.25) is 0 Å². The molecule has 0 heterocycles. The number of hydrogen-bond donors (Lipinski definition) is 2. The topological polar surface area (TPSA) is 46.2 Å². The minimum Gasteiger partial charge on any atom is -0.396 e. The van der Waals surface area contributed by atoms with Gasteiger partial charge in [-0.25, -0.2) is 0 Å². The fraction of sp³-hybridized carbons (Fsp3) is 0.500. The second-order valence-electron chi connectivity index (χ2n) is 2.85. The molecule has 0 radical (unpaired) electrons. The van der Waals surface area contributed by atoms with Crippen molar-refractivity contribution in [2.24, 2.45) is 5.73 Å². The summed E-state index contributed by atoms with van der Waals surface area (Å²) < 4.78 is 0. The molecule has 0 amide bonds. The van der Waals surface area contributed by atoms with Gasteiger partial charge in [0, 0.05) is 13.2 Å². The molecular formula is C12H21NO. The van der Waals surface area contributed by atoms with E-state index < -0.39 is 0 Å². The van der Waals surface area contributed by atoms with E-state index in [1.54, 1.807) is 0 Å². The molecule has 0 saturated heterocycles. The number of rotatable bonds is 4. The monoisotopic (exact) mass is 195 g/mol. The molecule has 3 N–H and O–H groups in total. The normalized spacial score (nSPS) is 9.14. The summed E-state index contributed by atoms with van der Waals surface area (Å²) in [6, 6.07) is 8.18. The van der Waals surface area contributed by atoms with Gasteiger partial charge in [0.25, 0.3) is 0 Å². The highest BCUT2D eigenvalue weighted by atomic mass is 16.2. The van der Waals surface area contributed by atoms with Gasteiger partial charge >= 0.3 is 0 Å². The van der Waals surface area contributed by atoms with Crippen LogP contribution in [0.4, 0.5) is 0 Å². The van der Waals surface area contributed by atoms with E-state index in [0.717, 1.165) is 18.4 Å². The highest BCUT2D eigenvalue weighted by Crippen LogP contribution is 2.06. The van der Waals surface area contributed by atoms with Crippen LogP contribution < -0.4 is 5.73 Å². The third kappa shape index (κ3) is 5.00. The second kappa shape index (κ2) is 8.73. The van der Waals surface area contributed by atoms with Crippen molar-refractivity contribution in [1.82, 2.24) is 0 Å². The van der Waals surface area contributed by atoms with Gasteiger partial charge in [0.05, 0.1) is 0 Å². The molecule has 0 bridgehead atoms. The summed E-state index contributed by atoms with van der Waals surface area (Å²) in [4.78, 5) is 0. The minimum absolute atomic E-state index is 0.257. The van der Waals surface area contributed by atoms with E-state index in [0.29, 0.717) is 6.54 Å². The van der Waals surface area contributed by atoms with Crippen LogP contribution in [0.25, 0.3) is 0 Å². The van der Waals surface area contributed by atoms with E-state index >= 15 is 0 Å². The molecule has 80 valence electrons. The Morgan fingerprint density at radius 1 is 1.21 bits per heavy atom. The molecule has 1 aromatic rings. The third-order valence-corrected chi connectivity index (χ3v) is 1.85. The van der Waals surface area contributed by atoms with Crippen molar-refractivity contribution < 1.29 is 5.11 Å². The molecule has 0 aliphatic rings. The van der Waals surface area contributed by atoms with Gasteiger partial charge in [0.2, 0.25) is 0 Å². The molecule has 1 aromatic carbocycles. The van der Waals surface area contributed by atoms with Crippen LogP contribution in [0, 0.1) is 0 Å². The zero-order valence-electron chi connectivity index (χ0n) is 9.16. The van der Waals surface area contributed by atoms with Crippen LogP contribution in [0.1, 0.15) is 31.4 Å². The van der Waals surface area contributed by atoms with E-state index in [9.17, 15) is 0 Å². The number of benzene rings is 1. The number of aryl methyl sites for hydroxylation is 1. The Bertz CT molecular complexity index is 236. The summed E-state index contributed by atoms with van der Waals surface area (Å²) in [5.74, 6) is 0. The van der Waals surface area contributed by atoms with Crippen molar-refractivity contribution in [3.05, 3.63) is 35.4 Å². The summed E-state index contributed by atoms with van der Waals surface area (Å²) >= 11 is 0. The van der Waals surface area contributed by atoms with Gasteiger partial charge < -0.3 is 10.8 Å². The van der Waals surface area contributed by atoms with E-state index in [1.165, 1.54) is 5.56 Å². The average molecular weight is 195 g/mol. The number of aliphatic hydroxyl groups excluding tert-OH is 1. The first-order valence-electron chi connectivity index (χ1n) is 5.25. The first kappa shape index (κ1) is 13.1.